The molecule has 0 bridgehead atoms. The van der Waals surface area contributed by atoms with Gasteiger partial charge in [0.15, 0.2) is 0 Å². The first-order valence-electron chi connectivity index (χ1n) is 9.83. The van der Waals surface area contributed by atoms with Gasteiger partial charge in [0.1, 0.15) is 11.6 Å². The van der Waals surface area contributed by atoms with E-state index in [1.807, 2.05) is 19.1 Å². The van der Waals surface area contributed by atoms with Crippen molar-refractivity contribution in [2.24, 2.45) is 0 Å². The highest BCUT2D eigenvalue weighted by Crippen LogP contribution is 2.26. The number of benzene rings is 2. The molecule has 1 saturated heterocycles. The third-order valence-corrected chi connectivity index (χ3v) is 5.01. The zero-order chi connectivity index (χ0) is 20.9. The van der Waals surface area contributed by atoms with E-state index in [0.717, 1.165) is 43.2 Å². The molecular weight excluding hydrogens is 383 g/mol. The summed E-state index contributed by atoms with van der Waals surface area (Å²) in [6.07, 6.45) is 1.56. The van der Waals surface area contributed by atoms with Crippen LogP contribution >= 0.6 is 0 Å². The second-order valence-electron chi connectivity index (χ2n) is 7.06. The number of aryl methyl sites for hydroxylation is 1. The van der Waals surface area contributed by atoms with Crippen LogP contribution in [0.2, 0.25) is 0 Å². The molecule has 2 heterocycles. The molecule has 2 N–H and O–H groups in total. The Hall–Kier alpha value is -3.45. The van der Waals surface area contributed by atoms with Crippen molar-refractivity contribution in [3.8, 4) is 0 Å². The van der Waals surface area contributed by atoms with Gasteiger partial charge in [0.25, 0.3) is 5.91 Å². The Morgan fingerprint density at radius 2 is 1.87 bits per heavy atom. The van der Waals surface area contributed by atoms with E-state index < -0.39 is 5.82 Å². The van der Waals surface area contributed by atoms with Gasteiger partial charge in [0, 0.05) is 30.7 Å². The molecule has 0 aliphatic carbocycles. The molecule has 4 rings (SSSR count). The molecule has 0 spiro atoms. The lowest BCUT2D eigenvalue weighted by molar-refractivity contribution is 0.102. The fourth-order valence-corrected chi connectivity index (χ4v) is 3.37. The number of rotatable bonds is 5. The summed E-state index contributed by atoms with van der Waals surface area (Å²) < 4.78 is 19.4. The molecule has 0 radical (unpaired) electrons. The van der Waals surface area contributed by atoms with Gasteiger partial charge >= 0.3 is 0 Å². The normalized spacial score (nSPS) is 13.7. The van der Waals surface area contributed by atoms with Crippen molar-refractivity contribution in [1.29, 1.82) is 0 Å². The molecule has 6 nitrogen and oxygen atoms in total. The fourth-order valence-electron chi connectivity index (χ4n) is 3.37. The third-order valence-electron chi connectivity index (χ3n) is 5.01. The minimum atomic E-state index is -0.413. The smallest absolute Gasteiger partial charge is 0.259 e. The minimum Gasteiger partial charge on any atom is -0.378 e. The Labute approximate surface area is 174 Å². The molecule has 0 saturated carbocycles. The Morgan fingerprint density at radius 1 is 1.07 bits per heavy atom. The number of carbonyl (C=O) groups is 1. The highest BCUT2D eigenvalue weighted by molar-refractivity contribution is 6.08. The van der Waals surface area contributed by atoms with Crippen molar-refractivity contribution in [3.05, 3.63) is 77.7 Å². The van der Waals surface area contributed by atoms with Crippen LogP contribution < -0.4 is 15.5 Å². The van der Waals surface area contributed by atoms with Crippen LogP contribution in [0.5, 0.6) is 0 Å². The van der Waals surface area contributed by atoms with E-state index in [9.17, 15) is 9.18 Å². The number of nitrogens with zero attached hydrogens (tertiary/aromatic N) is 2. The van der Waals surface area contributed by atoms with Gasteiger partial charge in [-0.15, -0.1) is 0 Å². The fraction of sp³-hybridized carbons (Fsp3) is 0.217. The van der Waals surface area contributed by atoms with Crippen molar-refractivity contribution in [2.75, 3.05) is 41.8 Å². The summed E-state index contributed by atoms with van der Waals surface area (Å²) in [7, 11) is 0. The van der Waals surface area contributed by atoms with Crippen molar-refractivity contribution in [2.45, 2.75) is 6.92 Å². The number of carbonyl (C=O) groups excluding carboxylic acids is 1. The van der Waals surface area contributed by atoms with E-state index in [-0.39, 0.29) is 11.6 Å². The second kappa shape index (κ2) is 8.92. The Balaban J connectivity index is 1.52. The van der Waals surface area contributed by atoms with Crippen molar-refractivity contribution in [3.63, 3.8) is 0 Å². The summed E-state index contributed by atoms with van der Waals surface area (Å²) in [5.41, 5.74) is 3.38. The van der Waals surface area contributed by atoms with Crippen LogP contribution in [0.15, 0.2) is 60.8 Å². The highest BCUT2D eigenvalue weighted by Gasteiger charge is 2.16. The molecule has 30 heavy (non-hydrogen) atoms. The van der Waals surface area contributed by atoms with E-state index in [0.29, 0.717) is 11.4 Å². The van der Waals surface area contributed by atoms with Gasteiger partial charge in [-0.1, -0.05) is 12.1 Å². The number of aromatic nitrogens is 1. The standard InChI is InChI=1S/C23H23FN4O2/c1-16-15-17(28-11-13-30-14-12-28)8-9-20(16)27-23(29)18-5-4-10-25-22(18)26-21-7-3-2-6-19(21)24/h2-10,15H,11-14H2,1H3,(H,25,26)(H,27,29). The molecular formula is C23H23FN4O2. The van der Waals surface area contributed by atoms with E-state index in [4.69, 9.17) is 4.74 Å². The number of nitrogens with one attached hydrogen (secondary N) is 2. The monoisotopic (exact) mass is 406 g/mol. The zero-order valence-electron chi connectivity index (χ0n) is 16.7. The Morgan fingerprint density at radius 3 is 2.63 bits per heavy atom. The van der Waals surface area contributed by atoms with Crippen molar-refractivity contribution in [1.82, 2.24) is 4.98 Å². The lowest BCUT2D eigenvalue weighted by atomic mass is 10.1. The largest absolute Gasteiger partial charge is 0.378 e. The summed E-state index contributed by atoms with van der Waals surface area (Å²) >= 11 is 0. The molecule has 1 fully saturated rings. The highest BCUT2D eigenvalue weighted by atomic mass is 19.1. The average molecular weight is 406 g/mol. The molecule has 154 valence electrons. The summed E-state index contributed by atoms with van der Waals surface area (Å²) in [6, 6.07) is 15.6. The molecule has 1 amide bonds. The van der Waals surface area contributed by atoms with Crippen LogP contribution in [0.3, 0.4) is 0 Å². The molecule has 0 atom stereocenters. The van der Waals surface area contributed by atoms with Gasteiger partial charge in [-0.3, -0.25) is 4.79 Å². The van der Waals surface area contributed by atoms with Gasteiger partial charge < -0.3 is 20.3 Å². The number of amides is 1. The van der Waals surface area contributed by atoms with Crippen LogP contribution in [0.4, 0.5) is 27.3 Å². The first-order valence-corrected chi connectivity index (χ1v) is 9.83. The third kappa shape index (κ3) is 4.41. The molecule has 2 aromatic carbocycles. The topological polar surface area (TPSA) is 66.5 Å². The average Bonchev–Trinajstić information content (AvgIpc) is 2.77. The van der Waals surface area contributed by atoms with E-state index in [1.54, 1.807) is 36.5 Å². The molecule has 1 aliphatic heterocycles. The van der Waals surface area contributed by atoms with Crippen molar-refractivity contribution < 1.29 is 13.9 Å². The van der Waals surface area contributed by atoms with E-state index in [2.05, 4.69) is 26.6 Å². The number of para-hydroxylation sites is 1. The number of hydrogen-bond donors (Lipinski definition) is 2. The van der Waals surface area contributed by atoms with E-state index >= 15 is 0 Å². The van der Waals surface area contributed by atoms with Crippen molar-refractivity contribution >= 4 is 28.8 Å². The summed E-state index contributed by atoms with van der Waals surface area (Å²) in [4.78, 5) is 19.4. The first kappa shape index (κ1) is 19.8. The SMILES string of the molecule is Cc1cc(N2CCOCC2)ccc1NC(=O)c1cccnc1Nc1ccccc1F. The number of hydrogen-bond acceptors (Lipinski definition) is 5. The van der Waals surface area contributed by atoms with Gasteiger partial charge in [-0.05, 0) is 55.0 Å². The van der Waals surface area contributed by atoms with Crippen LogP contribution in [0, 0.1) is 12.7 Å². The number of pyridine rings is 1. The number of anilines is 4. The van der Waals surface area contributed by atoms with Gasteiger partial charge in [0.2, 0.25) is 0 Å². The second-order valence-corrected chi connectivity index (χ2v) is 7.06. The van der Waals surface area contributed by atoms with Gasteiger partial charge in [-0.25, -0.2) is 9.37 Å². The Bertz CT molecular complexity index is 1050. The molecule has 3 aromatic rings. The Kier molecular flexibility index (Phi) is 5.90. The quantitative estimate of drug-likeness (QED) is 0.659. The summed E-state index contributed by atoms with van der Waals surface area (Å²) in [6.45, 7) is 5.10. The first-order chi connectivity index (χ1) is 14.6. The van der Waals surface area contributed by atoms with Gasteiger partial charge in [-0.2, -0.15) is 0 Å². The predicted octanol–water partition coefficient (Wildman–Crippen LogP) is 4.36. The van der Waals surface area contributed by atoms with E-state index in [1.165, 1.54) is 6.07 Å². The zero-order valence-corrected chi connectivity index (χ0v) is 16.7. The number of ether oxygens (including phenoxy) is 1. The molecule has 1 aromatic heterocycles. The predicted molar refractivity (Wildman–Crippen MR) is 116 cm³/mol. The molecule has 0 unspecified atom stereocenters. The van der Waals surface area contributed by atoms with Crippen LogP contribution in [-0.4, -0.2) is 37.2 Å². The van der Waals surface area contributed by atoms with Gasteiger partial charge in [0.05, 0.1) is 24.5 Å². The molecule has 7 heteroatoms. The lowest BCUT2D eigenvalue weighted by Gasteiger charge is -2.29. The summed E-state index contributed by atoms with van der Waals surface area (Å²) in [5, 5.41) is 5.85. The lowest BCUT2D eigenvalue weighted by Crippen LogP contribution is -2.36. The number of halogens is 1. The maximum atomic E-state index is 14.0. The van der Waals surface area contributed by atoms with Crippen LogP contribution in [0.1, 0.15) is 15.9 Å². The van der Waals surface area contributed by atoms with Crippen LogP contribution in [0.25, 0.3) is 0 Å². The number of morpholine rings is 1. The molecule has 1 aliphatic rings. The minimum absolute atomic E-state index is 0.260. The summed E-state index contributed by atoms with van der Waals surface area (Å²) in [5.74, 6) is -0.434. The maximum Gasteiger partial charge on any atom is 0.259 e. The van der Waals surface area contributed by atoms with Crippen LogP contribution in [-0.2, 0) is 4.74 Å². The maximum absolute atomic E-state index is 14.0.